The highest BCUT2D eigenvalue weighted by Crippen LogP contribution is 2.29. The normalized spacial score (nSPS) is 11.5. The lowest BCUT2D eigenvalue weighted by Gasteiger charge is -2.10. The standard InChI is InChI=1S/C19H20N2O6/c1-11(19(23)24)8-13-4-6-15(7-5-13)20-18(22)14-9-16(21(25)26)12(2)17(10-14)27-3/h4-7,9-11H,8H2,1-3H3,(H,20,22)(H,23,24). The summed E-state index contributed by atoms with van der Waals surface area (Å²) in [6.45, 7) is 3.17. The molecule has 0 aromatic heterocycles. The van der Waals surface area contributed by atoms with Crippen molar-refractivity contribution < 1.29 is 24.4 Å². The van der Waals surface area contributed by atoms with E-state index in [1.54, 1.807) is 38.1 Å². The number of rotatable bonds is 7. The van der Waals surface area contributed by atoms with E-state index in [9.17, 15) is 19.7 Å². The molecule has 0 saturated heterocycles. The molecule has 0 saturated carbocycles. The number of nitro benzene ring substituents is 1. The van der Waals surface area contributed by atoms with E-state index in [-0.39, 0.29) is 17.0 Å². The fourth-order valence-corrected chi connectivity index (χ4v) is 2.57. The van der Waals surface area contributed by atoms with Crippen LogP contribution in [0.5, 0.6) is 5.75 Å². The van der Waals surface area contributed by atoms with Crippen LogP contribution in [0, 0.1) is 23.0 Å². The van der Waals surface area contributed by atoms with Gasteiger partial charge in [0, 0.05) is 11.8 Å². The van der Waals surface area contributed by atoms with Gasteiger partial charge < -0.3 is 15.2 Å². The van der Waals surface area contributed by atoms with E-state index in [4.69, 9.17) is 9.84 Å². The predicted octanol–water partition coefficient (Wildman–Crippen LogP) is 3.43. The maximum absolute atomic E-state index is 12.5. The van der Waals surface area contributed by atoms with Crippen LogP contribution in [0.1, 0.15) is 28.4 Å². The van der Waals surface area contributed by atoms with Gasteiger partial charge in [-0.25, -0.2) is 0 Å². The molecule has 0 spiro atoms. The molecular formula is C19H20N2O6. The van der Waals surface area contributed by atoms with Crippen molar-refractivity contribution >= 4 is 23.3 Å². The Morgan fingerprint density at radius 1 is 1.26 bits per heavy atom. The number of benzene rings is 2. The summed E-state index contributed by atoms with van der Waals surface area (Å²) < 4.78 is 5.12. The van der Waals surface area contributed by atoms with Crippen LogP contribution in [-0.4, -0.2) is 29.0 Å². The maximum atomic E-state index is 12.5. The number of nitrogens with zero attached hydrogens (tertiary/aromatic N) is 1. The minimum atomic E-state index is -0.873. The van der Waals surface area contributed by atoms with Gasteiger partial charge in [-0.15, -0.1) is 0 Å². The average Bonchev–Trinajstić information content (AvgIpc) is 2.63. The van der Waals surface area contributed by atoms with Crippen LogP contribution in [0.15, 0.2) is 36.4 Å². The number of nitrogens with one attached hydrogen (secondary N) is 1. The van der Waals surface area contributed by atoms with Crippen LogP contribution in [0.3, 0.4) is 0 Å². The number of carboxylic acids is 1. The molecule has 0 aliphatic carbocycles. The number of methoxy groups -OCH3 is 1. The lowest BCUT2D eigenvalue weighted by molar-refractivity contribution is -0.385. The van der Waals surface area contributed by atoms with E-state index in [1.807, 2.05) is 0 Å². The molecule has 0 bridgehead atoms. The Hall–Kier alpha value is -3.42. The second kappa shape index (κ2) is 8.31. The molecule has 1 unspecified atom stereocenters. The molecule has 2 aromatic carbocycles. The van der Waals surface area contributed by atoms with Crippen molar-refractivity contribution in [1.82, 2.24) is 0 Å². The van der Waals surface area contributed by atoms with Gasteiger partial charge in [0.1, 0.15) is 5.75 Å². The van der Waals surface area contributed by atoms with Crippen molar-refractivity contribution in [3.63, 3.8) is 0 Å². The molecule has 8 nitrogen and oxygen atoms in total. The molecule has 0 radical (unpaired) electrons. The Kier molecular flexibility index (Phi) is 6.12. The van der Waals surface area contributed by atoms with Gasteiger partial charge in [0.15, 0.2) is 0 Å². The van der Waals surface area contributed by atoms with Gasteiger partial charge in [0.2, 0.25) is 0 Å². The number of carbonyl (C=O) groups is 2. The van der Waals surface area contributed by atoms with Crippen LogP contribution in [0.25, 0.3) is 0 Å². The predicted molar refractivity (Wildman–Crippen MR) is 99.3 cm³/mol. The molecule has 0 aliphatic rings. The molecular weight excluding hydrogens is 352 g/mol. The van der Waals surface area contributed by atoms with Crippen LogP contribution in [0.2, 0.25) is 0 Å². The molecule has 142 valence electrons. The molecule has 2 N–H and O–H groups in total. The SMILES string of the molecule is COc1cc(C(=O)Nc2ccc(CC(C)C(=O)O)cc2)cc([N+](=O)[O-])c1C. The third kappa shape index (κ3) is 4.81. The molecule has 0 fully saturated rings. The summed E-state index contributed by atoms with van der Waals surface area (Å²) in [5.41, 5.74) is 1.57. The highest BCUT2D eigenvalue weighted by Gasteiger charge is 2.20. The number of carboxylic acid groups (broad SMARTS) is 1. The van der Waals surface area contributed by atoms with Crippen molar-refractivity contribution in [1.29, 1.82) is 0 Å². The first-order valence-corrected chi connectivity index (χ1v) is 8.19. The number of hydrogen-bond acceptors (Lipinski definition) is 5. The summed E-state index contributed by atoms with van der Waals surface area (Å²) in [6, 6.07) is 9.42. The summed E-state index contributed by atoms with van der Waals surface area (Å²) in [6.07, 6.45) is 0.380. The van der Waals surface area contributed by atoms with Crippen molar-refractivity contribution in [3.05, 3.63) is 63.2 Å². The van der Waals surface area contributed by atoms with E-state index < -0.39 is 22.7 Å². The van der Waals surface area contributed by atoms with Gasteiger partial charge in [-0.1, -0.05) is 19.1 Å². The van der Waals surface area contributed by atoms with Crippen LogP contribution in [0.4, 0.5) is 11.4 Å². The number of amides is 1. The topological polar surface area (TPSA) is 119 Å². The smallest absolute Gasteiger partial charge is 0.306 e. The number of carbonyl (C=O) groups excluding carboxylic acids is 1. The Balaban J connectivity index is 2.18. The largest absolute Gasteiger partial charge is 0.496 e. The number of anilines is 1. The van der Waals surface area contributed by atoms with Gasteiger partial charge >= 0.3 is 5.97 Å². The second-order valence-electron chi connectivity index (χ2n) is 6.17. The number of hydrogen-bond donors (Lipinski definition) is 2. The molecule has 2 rings (SSSR count). The molecule has 0 aliphatic heterocycles. The number of ether oxygens (including phenoxy) is 1. The number of nitro groups is 1. The highest BCUT2D eigenvalue weighted by atomic mass is 16.6. The fourth-order valence-electron chi connectivity index (χ4n) is 2.57. The molecule has 27 heavy (non-hydrogen) atoms. The van der Waals surface area contributed by atoms with Gasteiger partial charge in [0.25, 0.3) is 11.6 Å². The minimum absolute atomic E-state index is 0.104. The Bertz CT molecular complexity index is 877. The summed E-state index contributed by atoms with van der Waals surface area (Å²) >= 11 is 0. The first-order chi connectivity index (χ1) is 12.7. The van der Waals surface area contributed by atoms with Crippen molar-refractivity contribution in [2.24, 2.45) is 5.92 Å². The third-order valence-electron chi connectivity index (χ3n) is 4.19. The zero-order valence-electron chi connectivity index (χ0n) is 15.2. The van der Waals surface area contributed by atoms with E-state index >= 15 is 0 Å². The third-order valence-corrected chi connectivity index (χ3v) is 4.19. The van der Waals surface area contributed by atoms with Gasteiger partial charge in [0.05, 0.1) is 29.1 Å². The van der Waals surface area contributed by atoms with Crippen LogP contribution >= 0.6 is 0 Å². The van der Waals surface area contributed by atoms with Gasteiger partial charge in [-0.2, -0.15) is 0 Å². The molecule has 8 heteroatoms. The fraction of sp³-hybridized carbons (Fsp3) is 0.263. The quantitative estimate of drug-likeness (QED) is 0.568. The van der Waals surface area contributed by atoms with Crippen molar-refractivity contribution in [3.8, 4) is 5.75 Å². The van der Waals surface area contributed by atoms with Crippen molar-refractivity contribution in [2.45, 2.75) is 20.3 Å². The van der Waals surface area contributed by atoms with Crippen LogP contribution < -0.4 is 10.1 Å². The first kappa shape index (κ1) is 19.9. The monoisotopic (exact) mass is 372 g/mol. The minimum Gasteiger partial charge on any atom is -0.496 e. The molecule has 1 atom stereocenters. The van der Waals surface area contributed by atoms with Gasteiger partial charge in [-0.3, -0.25) is 19.7 Å². The summed E-state index contributed by atoms with van der Waals surface area (Å²) in [7, 11) is 1.38. The average molecular weight is 372 g/mol. The van der Waals surface area contributed by atoms with E-state index in [0.29, 0.717) is 17.7 Å². The lowest BCUT2D eigenvalue weighted by atomic mass is 10.0. The molecule has 1 amide bonds. The summed E-state index contributed by atoms with van der Waals surface area (Å²) in [5.74, 6) is -1.64. The Morgan fingerprint density at radius 2 is 1.89 bits per heavy atom. The van der Waals surface area contributed by atoms with Gasteiger partial charge in [-0.05, 0) is 37.1 Å². The summed E-state index contributed by atoms with van der Waals surface area (Å²) in [5, 5.41) is 22.8. The number of aliphatic carboxylic acids is 1. The van der Waals surface area contributed by atoms with E-state index in [2.05, 4.69) is 5.32 Å². The van der Waals surface area contributed by atoms with E-state index in [0.717, 1.165) is 5.56 Å². The zero-order valence-corrected chi connectivity index (χ0v) is 15.2. The zero-order chi connectivity index (χ0) is 20.1. The van der Waals surface area contributed by atoms with Crippen molar-refractivity contribution in [2.75, 3.05) is 12.4 Å². The Labute approximate surface area is 155 Å². The summed E-state index contributed by atoms with van der Waals surface area (Å²) in [4.78, 5) is 34.0. The second-order valence-corrected chi connectivity index (χ2v) is 6.17. The van der Waals surface area contributed by atoms with Crippen LogP contribution in [-0.2, 0) is 11.2 Å². The first-order valence-electron chi connectivity index (χ1n) is 8.19. The lowest BCUT2D eigenvalue weighted by Crippen LogP contribution is -2.14. The molecule has 2 aromatic rings. The molecule has 0 heterocycles. The van der Waals surface area contributed by atoms with E-state index in [1.165, 1.54) is 19.2 Å². The maximum Gasteiger partial charge on any atom is 0.306 e. The Morgan fingerprint density at radius 3 is 2.41 bits per heavy atom. The highest BCUT2D eigenvalue weighted by molar-refractivity contribution is 6.05.